The second-order valence-electron chi connectivity index (χ2n) is 3.09. The van der Waals surface area contributed by atoms with Crippen molar-refractivity contribution in [2.24, 2.45) is 5.73 Å². The van der Waals surface area contributed by atoms with E-state index in [1.54, 1.807) is 0 Å². The fraction of sp³-hybridized carbons (Fsp3) is 0.444. The van der Waals surface area contributed by atoms with Crippen LogP contribution in [0.2, 0.25) is 0 Å². The molecule has 0 spiro atoms. The molecule has 1 aromatic heterocycles. The van der Waals surface area contributed by atoms with Crippen LogP contribution in [0.25, 0.3) is 0 Å². The third-order valence-electron chi connectivity index (χ3n) is 1.97. The van der Waals surface area contributed by atoms with E-state index in [1.807, 2.05) is 0 Å². The molecule has 1 heterocycles. The molecule has 0 fully saturated rings. The van der Waals surface area contributed by atoms with Crippen LogP contribution in [0, 0.1) is 0 Å². The van der Waals surface area contributed by atoms with Crippen LogP contribution in [-0.2, 0) is 6.54 Å². The Labute approximate surface area is 98.5 Å². The molecule has 0 unspecified atom stereocenters. The summed E-state index contributed by atoms with van der Waals surface area (Å²) >= 11 is 0. The molecule has 1 rings (SSSR count). The first kappa shape index (κ1) is 14.4. The summed E-state index contributed by atoms with van der Waals surface area (Å²) < 4.78 is 70.0. The molecule has 9 heteroatoms. The molecule has 0 amide bonds. The lowest BCUT2D eigenvalue weighted by Gasteiger charge is -2.17. The predicted octanol–water partition coefficient (Wildman–Crippen LogP) is 2.39. The smallest absolute Gasteiger partial charge is 0.478 e. The van der Waals surface area contributed by atoms with Crippen LogP contribution in [0.4, 0.5) is 22.0 Å². The van der Waals surface area contributed by atoms with Crippen molar-refractivity contribution in [2.75, 3.05) is 7.11 Å². The van der Waals surface area contributed by atoms with E-state index < -0.39 is 36.5 Å². The number of methoxy groups -OCH3 is 1. The molecule has 0 bridgehead atoms. The molecule has 2 N–H and O–H groups in total. The van der Waals surface area contributed by atoms with E-state index in [9.17, 15) is 22.0 Å². The van der Waals surface area contributed by atoms with Crippen LogP contribution in [0.3, 0.4) is 0 Å². The van der Waals surface area contributed by atoms with Crippen LogP contribution in [0.1, 0.15) is 17.6 Å². The Bertz CT molecular complexity index is 422. The Morgan fingerprint density at radius 1 is 1.39 bits per heavy atom. The van der Waals surface area contributed by atoms with Gasteiger partial charge in [-0.3, -0.25) is 0 Å². The van der Waals surface area contributed by atoms with Gasteiger partial charge in [0, 0.05) is 12.7 Å². The van der Waals surface area contributed by atoms with Crippen molar-refractivity contribution in [3.8, 4) is 11.6 Å². The molecule has 0 saturated carbocycles. The maximum absolute atomic E-state index is 12.8. The van der Waals surface area contributed by atoms with Crippen molar-refractivity contribution in [2.45, 2.75) is 19.3 Å². The molecule has 0 aliphatic heterocycles. The van der Waals surface area contributed by atoms with Gasteiger partial charge in [-0.05, 0) is 5.56 Å². The highest BCUT2D eigenvalue weighted by atomic mass is 19.4. The average molecular weight is 272 g/mol. The van der Waals surface area contributed by atoms with E-state index in [4.69, 9.17) is 5.73 Å². The van der Waals surface area contributed by atoms with Crippen LogP contribution in [-0.4, -0.2) is 18.5 Å². The number of nitrogens with two attached hydrogens (primary N) is 1. The van der Waals surface area contributed by atoms with Crippen LogP contribution in [0.15, 0.2) is 6.20 Å². The van der Waals surface area contributed by atoms with Crippen LogP contribution in [0.5, 0.6) is 11.6 Å². The van der Waals surface area contributed by atoms with Crippen molar-refractivity contribution < 1.29 is 31.4 Å². The lowest BCUT2D eigenvalue weighted by Crippen LogP contribution is -2.20. The molecule has 0 radical (unpaired) electrons. The summed E-state index contributed by atoms with van der Waals surface area (Å²) in [5.74, 6) is -1.84. The molecular weight excluding hydrogens is 263 g/mol. The van der Waals surface area contributed by atoms with Gasteiger partial charge in [-0.25, -0.2) is 13.8 Å². The minimum atomic E-state index is -5.13. The first-order valence-electron chi connectivity index (χ1n) is 4.59. The number of hydrogen-bond acceptors (Lipinski definition) is 4. The average Bonchev–Trinajstić information content (AvgIpc) is 2.25. The van der Waals surface area contributed by atoms with Gasteiger partial charge < -0.3 is 15.2 Å². The minimum Gasteiger partial charge on any atom is -0.478 e. The molecule has 4 nitrogen and oxygen atoms in total. The highest BCUT2D eigenvalue weighted by Gasteiger charge is 2.36. The second-order valence-corrected chi connectivity index (χ2v) is 3.09. The van der Waals surface area contributed by atoms with E-state index in [0.717, 1.165) is 13.3 Å². The van der Waals surface area contributed by atoms with Gasteiger partial charge in [-0.15, -0.1) is 13.2 Å². The summed E-state index contributed by atoms with van der Waals surface area (Å²) in [6.07, 6.45) is -7.41. The molecular formula is C9H9F5N2O2. The number of rotatable bonds is 4. The molecule has 0 aromatic carbocycles. The van der Waals surface area contributed by atoms with Gasteiger partial charge in [0.1, 0.15) is 0 Å². The molecule has 0 saturated heterocycles. The summed E-state index contributed by atoms with van der Waals surface area (Å²) in [4.78, 5) is 3.43. The van der Waals surface area contributed by atoms with E-state index >= 15 is 0 Å². The third kappa shape index (κ3) is 3.19. The standard InChI is InChI=1S/C9H9F5N2O2/c1-17-8-6(18-9(12,13)14)5(7(10)11)4(2-15)3-16-8/h3,7H,2,15H2,1H3. The monoisotopic (exact) mass is 272 g/mol. The molecule has 102 valence electrons. The highest BCUT2D eigenvalue weighted by Crippen LogP contribution is 2.40. The van der Waals surface area contributed by atoms with Crippen molar-refractivity contribution in [3.05, 3.63) is 17.3 Å². The molecule has 1 aromatic rings. The molecule has 0 atom stereocenters. The number of ether oxygens (including phenoxy) is 2. The Morgan fingerprint density at radius 2 is 2.00 bits per heavy atom. The van der Waals surface area contributed by atoms with E-state index in [0.29, 0.717) is 0 Å². The Balaban J connectivity index is 3.40. The number of halogens is 5. The third-order valence-corrected chi connectivity index (χ3v) is 1.97. The number of hydrogen-bond donors (Lipinski definition) is 1. The van der Waals surface area contributed by atoms with E-state index in [2.05, 4.69) is 14.5 Å². The van der Waals surface area contributed by atoms with Crippen LogP contribution < -0.4 is 15.2 Å². The fourth-order valence-corrected chi connectivity index (χ4v) is 1.29. The number of alkyl halides is 5. The molecule has 0 aliphatic carbocycles. The maximum Gasteiger partial charge on any atom is 0.573 e. The fourth-order valence-electron chi connectivity index (χ4n) is 1.29. The minimum absolute atomic E-state index is 0.245. The number of nitrogens with zero attached hydrogens (tertiary/aromatic N) is 1. The summed E-state index contributed by atoms with van der Waals surface area (Å²) in [5.41, 5.74) is 3.95. The van der Waals surface area contributed by atoms with Crippen molar-refractivity contribution in [3.63, 3.8) is 0 Å². The van der Waals surface area contributed by atoms with Gasteiger partial charge in [0.05, 0.1) is 12.7 Å². The zero-order valence-corrected chi connectivity index (χ0v) is 9.09. The van der Waals surface area contributed by atoms with Gasteiger partial charge in [0.15, 0.2) is 0 Å². The Kier molecular flexibility index (Phi) is 4.28. The summed E-state index contributed by atoms with van der Waals surface area (Å²) in [7, 11) is 0.989. The molecule has 0 aliphatic rings. The van der Waals surface area contributed by atoms with Crippen molar-refractivity contribution >= 4 is 0 Å². The highest BCUT2D eigenvalue weighted by molar-refractivity contribution is 5.47. The maximum atomic E-state index is 12.8. The lowest BCUT2D eigenvalue weighted by molar-refractivity contribution is -0.275. The SMILES string of the molecule is COc1ncc(CN)c(C(F)F)c1OC(F)(F)F. The number of aromatic nitrogens is 1. The second kappa shape index (κ2) is 5.34. The summed E-state index contributed by atoms with van der Waals surface area (Å²) in [6, 6.07) is 0. The normalized spacial score (nSPS) is 11.8. The zero-order chi connectivity index (χ0) is 13.9. The van der Waals surface area contributed by atoms with Crippen LogP contribution >= 0.6 is 0 Å². The van der Waals surface area contributed by atoms with Crippen molar-refractivity contribution in [1.82, 2.24) is 4.98 Å². The largest absolute Gasteiger partial charge is 0.573 e. The number of pyridine rings is 1. The van der Waals surface area contributed by atoms with E-state index in [1.165, 1.54) is 0 Å². The van der Waals surface area contributed by atoms with Crippen molar-refractivity contribution in [1.29, 1.82) is 0 Å². The van der Waals surface area contributed by atoms with Gasteiger partial charge in [-0.2, -0.15) is 0 Å². The van der Waals surface area contributed by atoms with Gasteiger partial charge >= 0.3 is 6.36 Å². The first-order chi connectivity index (χ1) is 8.30. The molecule has 18 heavy (non-hydrogen) atoms. The Morgan fingerprint density at radius 3 is 2.39 bits per heavy atom. The topological polar surface area (TPSA) is 57.4 Å². The van der Waals surface area contributed by atoms with Gasteiger partial charge in [-0.1, -0.05) is 0 Å². The van der Waals surface area contributed by atoms with E-state index in [-0.39, 0.29) is 5.56 Å². The first-order valence-corrected chi connectivity index (χ1v) is 4.59. The summed E-state index contributed by atoms with van der Waals surface area (Å²) in [5, 5.41) is 0. The predicted molar refractivity (Wildman–Crippen MR) is 50.3 cm³/mol. The quantitative estimate of drug-likeness (QED) is 0.855. The Hall–Kier alpha value is -1.64. The summed E-state index contributed by atoms with van der Waals surface area (Å²) in [6.45, 7) is -0.398. The van der Waals surface area contributed by atoms with Gasteiger partial charge in [0.25, 0.3) is 12.3 Å². The zero-order valence-electron chi connectivity index (χ0n) is 9.09. The lowest BCUT2D eigenvalue weighted by atomic mass is 10.1. The van der Waals surface area contributed by atoms with Gasteiger partial charge in [0.2, 0.25) is 5.75 Å².